The topological polar surface area (TPSA) is 67.5 Å². The van der Waals surface area contributed by atoms with Crippen molar-refractivity contribution in [2.75, 3.05) is 13.6 Å². The summed E-state index contributed by atoms with van der Waals surface area (Å²) in [5.74, 6) is 0.718. The van der Waals surface area contributed by atoms with Crippen LogP contribution in [-0.2, 0) is 13.6 Å². The van der Waals surface area contributed by atoms with E-state index in [1.807, 2.05) is 24.6 Å². The summed E-state index contributed by atoms with van der Waals surface area (Å²) >= 11 is 0. The fourth-order valence-electron chi connectivity index (χ4n) is 4.34. The van der Waals surface area contributed by atoms with Gasteiger partial charge in [-0.25, -0.2) is 9.97 Å². The molecular weight excluding hydrogens is 352 g/mol. The second-order valence-corrected chi connectivity index (χ2v) is 7.70. The molecular formula is C21H28N6O. The highest BCUT2D eigenvalue weighted by atomic mass is 16.1. The first-order valence-corrected chi connectivity index (χ1v) is 9.92. The van der Waals surface area contributed by atoms with Crippen molar-refractivity contribution in [2.45, 2.75) is 45.7 Å². The van der Waals surface area contributed by atoms with Crippen molar-refractivity contribution >= 4 is 11.7 Å². The van der Waals surface area contributed by atoms with Crippen LogP contribution in [0.3, 0.4) is 0 Å². The zero-order valence-electron chi connectivity index (χ0n) is 17.1. The Morgan fingerprint density at radius 3 is 2.86 bits per heavy atom. The molecule has 0 aromatic carbocycles. The lowest BCUT2D eigenvalue weighted by molar-refractivity contribution is 0.0952. The standard InChI is InChI=1S/C21H28N6O/c1-14-11-15(2)27-13-16(24-21(27)23-14)12-26-10-6-5-7-18(26)17-8-9-19(25(17)4)20(28)22-3/h8-9,11,13,18H,5-7,10,12H2,1-4H3,(H,22,28). The summed E-state index contributed by atoms with van der Waals surface area (Å²) in [6.07, 6.45) is 5.58. The number of piperidine rings is 1. The largest absolute Gasteiger partial charge is 0.354 e. The number of carbonyl (C=O) groups excluding carboxylic acids is 1. The molecule has 4 heterocycles. The van der Waals surface area contributed by atoms with Crippen molar-refractivity contribution in [3.8, 4) is 0 Å². The maximum absolute atomic E-state index is 12.1. The number of nitrogens with zero attached hydrogens (tertiary/aromatic N) is 5. The van der Waals surface area contributed by atoms with Crippen molar-refractivity contribution < 1.29 is 4.79 Å². The van der Waals surface area contributed by atoms with Gasteiger partial charge in [-0.15, -0.1) is 0 Å². The van der Waals surface area contributed by atoms with Gasteiger partial charge in [0.2, 0.25) is 5.78 Å². The van der Waals surface area contributed by atoms with E-state index >= 15 is 0 Å². The van der Waals surface area contributed by atoms with Gasteiger partial charge in [0.05, 0.1) is 11.7 Å². The van der Waals surface area contributed by atoms with E-state index in [2.05, 4.69) is 44.9 Å². The molecule has 1 aliphatic rings. The molecule has 1 aliphatic heterocycles. The first-order chi connectivity index (χ1) is 13.5. The number of fused-ring (bicyclic) bond motifs is 1. The molecule has 1 atom stereocenters. The number of amides is 1. The summed E-state index contributed by atoms with van der Waals surface area (Å²) in [4.78, 5) is 23.9. The van der Waals surface area contributed by atoms with E-state index in [-0.39, 0.29) is 11.9 Å². The highest BCUT2D eigenvalue weighted by molar-refractivity contribution is 5.92. The van der Waals surface area contributed by atoms with Gasteiger partial charge in [0.15, 0.2) is 0 Å². The van der Waals surface area contributed by atoms with Gasteiger partial charge >= 0.3 is 0 Å². The van der Waals surface area contributed by atoms with Crippen LogP contribution in [-0.4, -0.2) is 43.3 Å². The van der Waals surface area contributed by atoms with Crippen LogP contribution in [0.5, 0.6) is 0 Å². The maximum atomic E-state index is 12.1. The third kappa shape index (κ3) is 3.30. The zero-order chi connectivity index (χ0) is 19.8. The molecule has 0 aliphatic carbocycles. The van der Waals surface area contributed by atoms with Crippen molar-refractivity contribution in [3.05, 3.63) is 52.9 Å². The fraction of sp³-hybridized carbons (Fsp3) is 0.476. The zero-order valence-corrected chi connectivity index (χ0v) is 17.1. The lowest BCUT2D eigenvalue weighted by Crippen LogP contribution is -2.34. The molecule has 148 valence electrons. The van der Waals surface area contributed by atoms with Gasteiger partial charge < -0.3 is 9.88 Å². The predicted molar refractivity (Wildman–Crippen MR) is 108 cm³/mol. The van der Waals surface area contributed by atoms with Gasteiger partial charge in [-0.3, -0.25) is 14.1 Å². The molecule has 0 bridgehead atoms. The first kappa shape index (κ1) is 18.7. The number of imidazole rings is 1. The highest BCUT2D eigenvalue weighted by Gasteiger charge is 2.28. The lowest BCUT2D eigenvalue weighted by atomic mass is 9.99. The SMILES string of the molecule is CNC(=O)c1ccc(C2CCCCN2Cc2cn3c(C)cc(C)nc3n2)n1C. The van der Waals surface area contributed by atoms with Crippen molar-refractivity contribution in [1.29, 1.82) is 0 Å². The van der Waals surface area contributed by atoms with Crippen molar-refractivity contribution in [3.63, 3.8) is 0 Å². The summed E-state index contributed by atoms with van der Waals surface area (Å²) in [5.41, 5.74) is 5.06. The third-order valence-corrected chi connectivity index (χ3v) is 5.75. The van der Waals surface area contributed by atoms with Crippen LogP contribution in [0.2, 0.25) is 0 Å². The van der Waals surface area contributed by atoms with Crippen LogP contribution in [0.15, 0.2) is 24.4 Å². The smallest absolute Gasteiger partial charge is 0.267 e. The molecule has 7 heteroatoms. The Morgan fingerprint density at radius 1 is 1.25 bits per heavy atom. The molecule has 1 fully saturated rings. The van der Waals surface area contributed by atoms with E-state index in [4.69, 9.17) is 4.98 Å². The number of hydrogen-bond donors (Lipinski definition) is 1. The Morgan fingerprint density at radius 2 is 2.07 bits per heavy atom. The molecule has 3 aromatic heterocycles. The van der Waals surface area contributed by atoms with Crippen LogP contribution in [0.25, 0.3) is 5.78 Å². The molecule has 1 saturated heterocycles. The molecule has 1 amide bonds. The molecule has 28 heavy (non-hydrogen) atoms. The number of likely N-dealkylation sites (tertiary alicyclic amines) is 1. The van der Waals surface area contributed by atoms with Gasteiger partial charge in [-0.1, -0.05) is 6.42 Å². The van der Waals surface area contributed by atoms with Crippen LogP contribution < -0.4 is 5.32 Å². The van der Waals surface area contributed by atoms with Gasteiger partial charge in [0.25, 0.3) is 5.91 Å². The minimum Gasteiger partial charge on any atom is -0.354 e. The summed E-state index contributed by atoms with van der Waals surface area (Å²) in [7, 11) is 3.65. The molecule has 0 spiro atoms. The van der Waals surface area contributed by atoms with Gasteiger partial charge in [-0.05, 0) is 51.4 Å². The molecule has 1 unspecified atom stereocenters. The maximum Gasteiger partial charge on any atom is 0.267 e. The van der Waals surface area contributed by atoms with Crippen LogP contribution in [0.4, 0.5) is 0 Å². The molecule has 1 N–H and O–H groups in total. The van der Waals surface area contributed by atoms with E-state index < -0.39 is 0 Å². The minimum absolute atomic E-state index is 0.0478. The summed E-state index contributed by atoms with van der Waals surface area (Å²) in [5, 5.41) is 2.72. The fourth-order valence-corrected chi connectivity index (χ4v) is 4.34. The molecule has 7 nitrogen and oxygen atoms in total. The normalized spacial score (nSPS) is 17.9. The van der Waals surface area contributed by atoms with Crippen LogP contribution in [0.1, 0.15) is 58.6 Å². The van der Waals surface area contributed by atoms with E-state index in [0.717, 1.165) is 42.4 Å². The monoisotopic (exact) mass is 380 g/mol. The molecule has 0 radical (unpaired) electrons. The summed E-state index contributed by atoms with van der Waals surface area (Å²) in [6.45, 7) is 5.90. The van der Waals surface area contributed by atoms with E-state index in [1.165, 1.54) is 18.5 Å². The van der Waals surface area contributed by atoms with Gasteiger partial charge in [0.1, 0.15) is 5.69 Å². The number of carbonyl (C=O) groups is 1. The average molecular weight is 380 g/mol. The second-order valence-electron chi connectivity index (χ2n) is 7.70. The second kappa shape index (κ2) is 7.39. The Kier molecular flexibility index (Phi) is 4.93. The van der Waals surface area contributed by atoms with Crippen molar-refractivity contribution in [2.24, 2.45) is 7.05 Å². The Balaban J connectivity index is 1.62. The number of aromatic nitrogens is 4. The number of aryl methyl sites for hydroxylation is 2. The minimum atomic E-state index is -0.0478. The first-order valence-electron chi connectivity index (χ1n) is 9.92. The van der Waals surface area contributed by atoms with E-state index in [0.29, 0.717) is 5.69 Å². The highest BCUT2D eigenvalue weighted by Crippen LogP contribution is 2.33. The summed E-state index contributed by atoms with van der Waals surface area (Å²) in [6, 6.07) is 6.37. The Bertz CT molecular complexity index is 1020. The number of rotatable bonds is 4. The summed E-state index contributed by atoms with van der Waals surface area (Å²) < 4.78 is 4.09. The van der Waals surface area contributed by atoms with Crippen molar-refractivity contribution in [1.82, 2.24) is 29.2 Å². The predicted octanol–water partition coefficient (Wildman–Crippen LogP) is 2.77. The third-order valence-electron chi connectivity index (χ3n) is 5.75. The van der Waals surface area contributed by atoms with Crippen LogP contribution >= 0.6 is 0 Å². The molecule has 3 aromatic rings. The Labute approximate surface area is 165 Å². The number of nitrogens with one attached hydrogen (secondary N) is 1. The van der Waals surface area contributed by atoms with Gasteiger partial charge in [0, 0.05) is 43.9 Å². The molecule has 4 rings (SSSR count). The van der Waals surface area contributed by atoms with Gasteiger partial charge in [-0.2, -0.15) is 0 Å². The average Bonchev–Trinajstić information content (AvgIpc) is 3.25. The Hall–Kier alpha value is -2.67. The lowest BCUT2D eigenvalue weighted by Gasteiger charge is -2.35. The van der Waals surface area contributed by atoms with E-state index in [1.54, 1.807) is 7.05 Å². The van der Waals surface area contributed by atoms with E-state index in [9.17, 15) is 4.79 Å². The van der Waals surface area contributed by atoms with Crippen LogP contribution in [0, 0.1) is 13.8 Å². The number of hydrogen-bond acceptors (Lipinski definition) is 4. The molecule has 0 saturated carbocycles. The quantitative estimate of drug-likeness (QED) is 0.756.